The van der Waals surface area contributed by atoms with Gasteiger partial charge in [-0.25, -0.2) is 0 Å². The summed E-state index contributed by atoms with van der Waals surface area (Å²) in [4.78, 5) is 1.89. The van der Waals surface area contributed by atoms with E-state index in [0.717, 1.165) is 87.6 Å². The van der Waals surface area contributed by atoms with Crippen molar-refractivity contribution in [3.05, 3.63) is 236 Å². The molecular weight excluding hydrogens is 751 g/mol. The van der Waals surface area contributed by atoms with Gasteiger partial charge in [0.25, 0.3) is 0 Å². The molecular formula is C60H39NO. The van der Waals surface area contributed by atoms with Crippen LogP contribution in [0.25, 0.3) is 98.8 Å². The van der Waals surface area contributed by atoms with E-state index < -0.39 is 0 Å². The summed E-state index contributed by atoms with van der Waals surface area (Å²) in [5.74, 6) is 0. The first-order chi connectivity index (χ1) is 32.4. The molecule has 0 aliphatic rings. The number of fused-ring (bicyclic) bond motifs is 7. The summed E-state index contributed by atoms with van der Waals surface area (Å²) in [6.45, 7) is 0. The van der Waals surface area contributed by atoms with Gasteiger partial charge in [-0.05, 0) is 126 Å². The number of furan rings is 1. The Labute approximate surface area is 365 Å². The Kier molecular flexibility index (Phi) is 7.57. The maximum atomic E-state index is 9.81. The highest BCUT2D eigenvalue weighted by Gasteiger charge is 2.19. The average Bonchev–Trinajstić information content (AvgIpc) is 3.76. The number of hydrogen-bond donors (Lipinski definition) is 0. The number of anilines is 3. The van der Waals surface area contributed by atoms with Gasteiger partial charge in [-0.2, -0.15) is 0 Å². The Morgan fingerprint density at radius 2 is 0.887 bits per heavy atom. The molecule has 0 saturated carbocycles. The fraction of sp³-hybridized carbons (Fsp3) is 0. The highest BCUT2D eigenvalue weighted by molar-refractivity contribution is 6.15. The molecule has 1 heterocycles. The van der Waals surface area contributed by atoms with Crippen molar-refractivity contribution in [2.75, 3.05) is 4.90 Å². The Morgan fingerprint density at radius 3 is 1.66 bits per heavy atom. The van der Waals surface area contributed by atoms with Crippen molar-refractivity contribution in [3.8, 4) is 44.5 Å². The minimum Gasteiger partial charge on any atom is -0.455 e. The summed E-state index contributed by atoms with van der Waals surface area (Å²) in [7, 11) is 0. The summed E-state index contributed by atoms with van der Waals surface area (Å²) >= 11 is 0. The summed E-state index contributed by atoms with van der Waals surface area (Å²) in [6, 6.07) is 71.3. The molecule has 0 spiro atoms. The third-order valence-corrected chi connectivity index (χ3v) is 12.1. The lowest BCUT2D eigenvalue weighted by Gasteiger charge is -2.28. The molecule has 12 aromatic rings. The molecule has 2 heteroatoms. The van der Waals surface area contributed by atoms with Crippen LogP contribution in [0.15, 0.2) is 241 Å². The van der Waals surface area contributed by atoms with Crippen LogP contribution >= 0.6 is 0 Å². The smallest absolute Gasteiger partial charge is 0.143 e. The number of nitrogens with zero attached hydrogens (tertiary/aromatic N) is 1. The second kappa shape index (κ2) is 14.8. The fourth-order valence-corrected chi connectivity index (χ4v) is 9.13. The normalized spacial score (nSPS) is 12.5. The van der Waals surface area contributed by atoms with Gasteiger partial charge in [0, 0.05) is 33.1 Å². The SMILES string of the molecule is [2H]c1c([2H])c(N(c2ccc(-c3cccc4ccccc34)cc2)c2ccccc2-c2ccc3c(ccc4c5ccccc5oc34)c2)c([2H])c([2H])c1-c1cccc(-c2cccc3ccccc23)c1. The monoisotopic (exact) mass is 793 g/mol. The zero-order valence-electron chi connectivity index (χ0n) is 37.6. The number of benzene rings is 11. The first-order valence-electron chi connectivity index (χ1n) is 22.9. The molecule has 1 aromatic heterocycles. The van der Waals surface area contributed by atoms with Crippen LogP contribution in [0.2, 0.25) is 0 Å². The van der Waals surface area contributed by atoms with Crippen molar-refractivity contribution < 1.29 is 9.90 Å². The van der Waals surface area contributed by atoms with Gasteiger partial charge in [-0.15, -0.1) is 0 Å². The van der Waals surface area contributed by atoms with Crippen molar-refractivity contribution in [1.29, 1.82) is 0 Å². The van der Waals surface area contributed by atoms with Crippen LogP contribution in [0.5, 0.6) is 0 Å². The lowest BCUT2D eigenvalue weighted by molar-refractivity contribution is 0.672. The van der Waals surface area contributed by atoms with E-state index in [0.29, 0.717) is 16.9 Å². The Bertz CT molecular complexity index is 3850. The average molecular weight is 794 g/mol. The van der Waals surface area contributed by atoms with E-state index in [2.05, 4.69) is 115 Å². The second-order valence-corrected chi connectivity index (χ2v) is 15.7. The van der Waals surface area contributed by atoms with E-state index in [1.807, 2.05) is 102 Å². The third-order valence-electron chi connectivity index (χ3n) is 12.1. The molecule has 11 aromatic carbocycles. The van der Waals surface area contributed by atoms with Gasteiger partial charge in [-0.3, -0.25) is 0 Å². The highest BCUT2D eigenvalue weighted by Crippen LogP contribution is 2.44. The van der Waals surface area contributed by atoms with Gasteiger partial charge in [0.2, 0.25) is 0 Å². The molecule has 12 rings (SSSR count). The van der Waals surface area contributed by atoms with E-state index in [4.69, 9.17) is 4.42 Å². The minimum atomic E-state index is -0.139. The summed E-state index contributed by atoms with van der Waals surface area (Å²) in [6.07, 6.45) is 0. The molecule has 0 atom stereocenters. The highest BCUT2D eigenvalue weighted by atomic mass is 16.3. The topological polar surface area (TPSA) is 16.4 Å². The van der Waals surface area contributed by atoms with E-state index >= 15 is 0 Å². The molecule has 0 saturated heterocycles. The second-order valence-electron chi connectivity index (χ2n) is 15.7. The minimum absolute atomic E-state index is 0.114. The molecule has 0 fully saturated rings. The number of hydrogen-bond acceptors (Lipinski definition) is 2. The first-order valence-corrected chi connectivity index (χ1v) is 20.9. The number of para-hydroxylation sites is 2. The maximum Gasteiger partial charge on any atom is 0.143 e. The molecule has 0 bridgehead atoms. The fourth-order valence-electron chi connectivity index (χ4n) is 9.13. The lowest BCUT2D eigenvalue weighted by atomic mass is 9.95. The number of rotatable bonds is 7. The Morgan fingerprint density at radius 1 is 0.323 bits per heavy atom. The van der Waals surface area contributed by atoms with E-state index in [1.165, 1.54) is 0 Å². The van der Waals surface area contributed by atoms with E-state index in [-0.39, 0.29) is 35.4 Å². The quantitative estimate of drug-likeness (QED) is 0.160. The molecule has 0 radical (unpaired) electrons. The summed E-state index contributed by atoms with van der Waals surface area (Å²) in [5, 5.41) is 8.67. The largest absolute Gasteiger partial charge is 0.455 e. The van der Waals surface area contributed by atoms with Gasteiger partial charge >= 0.3 is 0 Å². The predicted octanol–water partition coefficient (Wildman–Crippen LogP) is 17.2. The van der Waals surface area contributed by atoms with Crippen LogP contribution in [-0.2, 0) is 0 Å². The van der Waals surface area contributed by atoms with Crippen molar-refractivity contribution in [3.63, 3.8) is 0 Å². The van der Waals surface area contributed by atoms with E-state index in [1.54, 1.807) is 0 Å². The van der Waals surface area contributed by atoms with E-state index in [9.17, 15) is 5.48 Å². The molecule has 290 valence electrons. The molecule has 2 nitrogen and oxygen atoms in total. The molecule has 0 aliphatic heterocycles. The van der Waals surface area contributed by atoms with Gasteiger partial charge in [0.05, 0.1) is 11.2 Å². The molecule has 0 amide bonds. The van der Waals surface area contributed by atoms with Gasteiger partial charge in [-0.1, -0.05) is 176 Å². The molecule has 0 N–H and O–H groups in total. The van der Waals surface area contributed by atoms with Crippen molar-refractivity contribution in [1.82, 2.24) is 0 Å². The van der Waals surface area contributed by atoms with Gasteiger partial charge in [0.1, 0.15) is 11.2 Å². The van der Waals surface area contributed by atoms with Crippen LogP contribution in [0, 0.1) is 0 Å². The van der Waals surface area contributed by atoms with Crippen LogP contribution in [0.1, 0.15) is 5.48 Å². The van der Waals surface area contributed by atoms with Crippen LogP contribution in [-0.4, -0.2) is 0 Å². The van der Waals surface area contributed by atoms with Crippen LogP contribution in [0.3, 0.4) is 0 Å². The molecule has 62 heavy (non-hydrogen) atoms. The molecule has 0 aliphatic carbocycles. The third kappa shape index (κ3) is 6.12. The van der Waals surface area contributed by atoms with Crippen LogP contribution < -0.4 is 4.90 Å². The van der Waals surface area contributed by atoms with Crippen molar-refractivity contribution in [2.24, 2.45) is 0 Å². The maximum absolute atomic E-state index is 9.81. The predicted molar refractivity (Wildman–Crippen MR) is 263 cm³/mol. The zero-order valence-corrected chi connectivity index (χ0v) is 33.6. The van der Waals surface area contributed by atoms with Gasteiger partial charge < -0.3 is 9.32 Å². The standard InChI is InChI=1S/C60H39NO/c1-3-18-50-41(12-1)14-10-22-52(50)43-28-34-49(35-29-43)61(48-32-26-40(27-33-48)44-16-9-17-45(38-44)53-23-11-15-42-13-2-4-19-51(42)53)58-24-7-5-20-54(58)46-30-36-55-47(39-46)31-37-57-56-21-6-8-25-59(56)62-60(55)57/h1-39H/i26D,27D,32D,33D. The van der Waals surface area contributed by atoms with Crippen molar-refractivity contribution >= 4 is 71.3 Å². The zero-order chi connectivity index (χ0) is 44.5. The summed E-state index contributed by atoms with van der Waals surface area (Å²) < 4.78 is 45.3. The Balaban J connectivity index is 1.03. The molecule has 0 unspecified atom stereocenters. The van der Waals surface area contributed by atoms with Crippen LogP contribution in [0.4, 0.5) is 17.1 Å². The lowest BCUT2D eigenvalue weighted by Crippen LogP contribution is -2.11. The van der Waals surface area contributed by atoms with Crippen molar-refractivity contribution in [2.45, 2.75) is 0 Å². The first kappa shape index (κ1) is 31.7. The van der Waals surface area contributed by atoms with Gasteiger partial charge in [0.15, 0.2) is 0 Å². The summed E-state index contributed by atoms with van der Waals surface area (Å²) in [5.41, 5.74) is 10.0. The Hall–Kier alpha value is -8.20.